The predicted molar refractivity (Wildman–Crippen MR) is 88.6 cm³/mol. The van der Waals surface area contributed by atoms with E-state index in [9.17, 15) is 8.42 Å². The number of aromatic amines is 1. The van der Waals surface area contributed by atoms with Gasteiger partial charge in [0.15, 0.2) is 0 Å². The topological polar surface area (TPSA) is 74.8 Å². The number of rotatable bonds is 4. The minimum atomic E-state index is -3.59. The van der Waals surface area contributed by atoms with Gasteiger partial charge in [-0.2, -0.15) is 5.10 Å². The molecular weight excluding hydrogens is 318 g/mol. The van der Waals surface area contributed by atoms with Crippen LogP contribution in [-0.2, 0) is 10.0 Å². The highest BCUT2D eigenvalue weighted by Crippen LogP contribution is 2.29. The molecule has 0 unspecified atom stereocenters. The highest BCUT2D eigenvalue weighted by atomic mass is 32.2. The SMILES string of the molecule is Cc1ccc(C)c(NS(=O)(=O)c2cc(-c3ccn[nH]3)cs2)c1. The molecule has 2 N–H and O–H groups in total. The first-order valence-corrected chi connectivity index (χ1v) is 9.00. The number of nitrogens with one attached hydrogen (secondary N) is 2. The average molecular weight is 333 g/mol. The number of hydrogen-bond acceptors (Lipinski definition) is 4. The van der Waals surface area contributed by atoms with Crippen molar-refractivity contribution in [2.24, 2.45) is 0 Å². The van der Waals surface area contributed by atoms with Crippen LogP contribution in [0, 0.1) is 13.8 Å². The Kier molecular flexibility index (Phi) is 3.76. The number of thiophene rings is 1. The number of nitrogens with zero attached hydrogens (tertiary/aromatic N) is 1. The van der Waals surface area contributed by atoms with Crippen molar-refractivity contribution in [3.8, 4) is 11.3 Å². The van der Waals surface area contributed by atoms with Crippen molar-refractivity contribution < 1.29 is 8.42 Å². The first-order chi connectivity index (χ1) is 10.5. The Bertz CT molecular complexity index is 897. The van der Waals surface area contributed by atoms with Gasteiger partial charge >= 0.3 is 0 Å². The second-order valence-corrected chi connectivity index (χ2v) is 7.87. The van der Waals surface area contributed by atoms with Crippen LogP contribution in [0.2, 0.25) is 0 Å². The lowest BCUT2D eigenvalue weighted by atomic mass is 10.1. The first kappa shape index (κ1) is 14.8. The van der Waals surface area contributed by atoms with E-state index in [2.05, 4.69) is 14.9 Å². The lowest BCUT2D eigenvalue weighted by molar-refractivity contribution is 0.603. The van der Waals surface area contributed by atoms with E-state index in [4.69, 9.17) is 0 Å². The summed E-state index contributed by atoms with van der Waals surface area (Å²) in [6.07, 6.45) is 1.63. The molecule has 2 heterocycles. The van der Waals surface area contributed by atoms with Gasteiger partial charge in [0.1, 0.15) is 4.21 Å². The third kappa shape index (κ3) is 2.90. The average Bonchev–Trinajstić information content (AvgIpc) is 3.12. The van der Waals surface area contributed by atoms with Crippen molar-refractivity contribution in [1.82, 2.24) is 10.2 Å². The third-order valence-corrected chi connectivity index (χ3v) is 6.09. The zero-order valence-corrected chi connectivity index (χ0v) is 13.8. The summed E-state index contributed by atoms with van der Waals surface area (Å²) in [5.74, 6) is 0. The number of H-pyrrole nitrogens is 1. The smallest absolute Gasteiger partial charge is 0.271 e. The summed E-state index contributed by atoms with van der Waals surface area (Å²) in [6.45, 7) is 3.81. The first-order valence-electron chi connectivity index (χ1n) is 6.64. The summed E-state index contributed by atoms with van der Waals surface area (Å²) in [5.41, 5.74) is 4.11. The van der Waals surface area contributed by atoms with Gasteiger partial charge in [-0.3, -0.25) is 9.82 Å². The molecule has 0 aliphatic rings. The number of benzene rings is 1. The van der Waals surface area contributed by atoms with E-state index < -0.39 is 10.0 Å². The fraction of sp³-hybridized carbons (Fsp3) is 0.133. The van der Waals surface area contributed by atoms with Crippen molar-refractivity contribution in [3.63, 3.8) is 0 Å². The molecule has 0 saturated heterocycles. The lowest BCUT2D eigenvalue weighted by Crippen LogP contribution is -2.12. The summed E-state index contributed by atoms with van der Waals surface area (Å²) in [4.78, 5) is 0. The van der Waals surface area contributed by atoms with Crippen LogP contribution in [-0.4, -0.2) is 18.6 Å². The minimum Gasteiger partial charge on any atom is -0.279 e. The molecular formula is C15H15N3O2S2. The van der Waals surface area contributed by atoms with Crippen LogP contribution < -0.4 is 4.72 Å². The highest BCUT2D eigenvalue weighted by molar-refractivity contribution is 7.94. The Hall–Kier alpha value is -2.12. The number of hydrogen-bond donors (Lipinski definition) is 2. The summed E-state index contributed by atoms with van der Waals surface area (Å²) >= 11 is 1.19. The molecule has 0 aliphatic carbocycles. The molecule has 3 rings (SSSR count). The molecule has 7 heteroatoms. The molecule has 0 saturated carbocycles. The van der Waals surface area contributed by atoms with Crippen molar-refractivity contribution in [3.05, 3.63) is 53.0 Å². The van der Waals surface area contributed by atoms with Crippen LogP contribution >= 0.6 is 11.3 Å². The van der Waals surface area contributed by atoms with Crippen LogP contribution in [0.25, 0.3) is 11.3 Å². The molecule has 22 heavy (non-hydrogen) atoms. The summed E-state index contributed by atoms with van der Waals surface area (Å²) in [5, 5.41) is 8.50. The van der Waals surface area contributed by atoms with Gasteiger partial charge in [-0.05, 0) is 43.2 Å². The zero-order chi connectivity index (χ0) is 15.7. The van der Waals surface area contributed by atoms with Crippen LogP contribution in [0.5, 0.6) is 0 Å². The maximum absolute atomic E-state index is 12.5. The van der Waals surface area contributed by atoms with Crippen molar-refractivity contribution in [1.29, 1.82) is 0 Å². The molecule has 3 aromatic rings. The Labute approximate surface area is 133 Å². The molecule has 0 spiro atoms. The zero-order valence-electron chi connectivity index (χ0n) is 12.1. The van der Waals surface area contributed by atoms with Gasteiger partial charge in [-0.1, -0.05) is 12.1 Å². The van der Waals surface area contributed by atoms with Gasteiger partial charge < -0.3 is 0 Å². The fourth-order valence-corrected chi connectivity index (χ4v) is 4.36. The fourth-order valence-electron chi connectivity index (χ4n) is 2.06. The molecule has 1 aromatic carbocycles. The van der Waals surface area contributed by atoms with Crippen molar-refractivity contribution >= 4 is 27.0 Å². The summed E-state index contributed by atoms with van der Waals surface area (Å²) in [7, 11) is -3.59. The molecule has 5 nitrogen and oxygen atoms in total. The minimum absolute atomic E-state index is 0.276. The quantitative estimate of drug-likeness (QED) is 0.766. The van der Waals surface area contributed by atoms with Gasteiger partial charge in [-0.25, -0.2) is 8.42 Å². The van der Waals surface area contributed by atoms with Crippen molar-refractivity contribution in [2.75, 3.05) is 4.72 Å². The Morgan fingerprint density at radius 1 is 1.18 bits per heavy atom. The van der Waals surface area contributed by atoms with E-state index in [-0.39, 0.29) is 4.21 Å². The Morgan fingerprint density at radius 3 is 2.73 bits per heavy atom. The second kappa shape index (κ2) is 5.58. The molecule has 114 valence electrons. The molecule has 0 radical (unpaired) electrons. The number of sulfonamides is 1. The van der Waals surface area contributed by atoms with Gasteiger partial charge in [-0.15, -0.1) is 11.3 Å². The maximum atomic E-state index is 12.5. The van der Waals surface area contributed by atoms with E-state index >= 15 is 0 Å². The van der Waals surface area contributed by atoms with Gasteiger partial charge in [0, 0.05) is 17.1 Å². The molecule has 0 atom stereocenters. The summed E-state index contributed by atoms with van der Waals surface area (Å²) in [6, 6.07) is 9.13. The third-order valence-electron chi connectivity index (χ3n) is 3.29. The number of anilines is 1. The van der Waals surface area contributed by atoms with Crippen LogP contribution in [0.15, 0.2) is 46.1 Å². The Morgan fingerprint density at radius 2 is 2.00 bits per heavy atom. The second-order valence-electron chi connectivity index (χ2n) is 5.05. The van der Waals surface area contributed by atoms with Crippen molar-refractivity contribution in [2.45, 2.75) is 18.1 Å². The van der Waals surface area contributed by atoms with Gasteiger partial charge in [0.25, 0.3) is 10.0 Å². The number of aryl methyl sites for hydroxylation is 2. The van der Waals surface area contributed by atoms with Crippen LogP contribution in [0.1, 0.15) is 11.1 Å². The van der Waals surface area contributed by atoms with E-state index in [1.807, 2.05) is 32.0 Å². The maximum Gasteiger partial charge on any atom is 0.271 e. The lowest BCUT2D eigenvalue weighted by Gasteiger charge is -2.10. The van der Waals surface area contributed by atoms with E-state index in [0.717, 1.165) is 22.4 Å². The number of aromatic nitrogens is 2. The van der Waals surface area contributed by atoms with Crippen LogP contribution in [0.3, 0.4) is 0 Å². The molecule has 0 aliphatic heterocycles. The molecule has 0 bridgehead atoms. The standard InChI is InChI=1S/C15H15N3O2S2/c1-10-3-4-11(2)14(7-10)18-22(19,20)15-8-12(9-21-15)13-5-6-16-17-13/h3-9,18H,1-2H3,(H,16,17). The van der Waals surface area contributed by atoms with Crippen LogP contribution in [0.4, 0.5) is 5.69 Å². The summed E-state index contributed by atoms with van der Waals surface area (Å²) < 4.78 is 28.0. The highest BCUT2D eigenvalue weighted by Gasteiger charge is 2.18. The van der Waals surface area contributed by atoms with E-state index in [1.54, 1.807) is 23.7 Å². The van der Waals surface area contributed by atoms with E-state index in [1.165, 1.54) is 11.3 Å². The van der Waals surface area contributed by atoms with Gasteiger partial charge in [0.05, 0.1) is 11.4 Å². The Balaban J connectivity index is 1.92. The molecule has 0 amide bonds. The molecule has 2 aromatic heterocycles. The predicted octanol–water partition coefficient (Wildman–Crippen LogP) is 3.56. The van der Waals surface area contributed by atoms with E-state index in [0.29, 0.717) is 5.69 Å². The van der Waals surface area contributed by atoms with Gasteiger partial charge in [0.2, 0.25) is 0 Å². The normalized spacial score (nSPS) is 11.5. The largest absolute Gasteiger partial charge is 0.279 e. The monoisotopic (exact) mass is 333 g/mol. The molecule has 0 fully saturated rings.